The molecule has 0 amide bonds. The molecule has 6 heavy (non-hydrogen) atoms. The van der Waals surface area contributed by atoms with Crippen LogP contribution >= 0.6 is 0 Å². The fourth-order valence-corrected chi connectivity index (χ4v) is 2.76. The monoisotopic (exact) mass is 147 g/mol. The van der Waals surface area contributed by atoms with Gasteiger partial charge in [-0.3, -0.25) is 0 Å². The van der Waals surface area contributed by atoms with E-state index in [4.69, 9.17) is 0 Å². The summed E-state index contributed by atoms with van der Waals surface area (Å²) >= 11 is 0.889. The van der Waals surface area contributed by atoms with Crippen LogP contribution in [0.15, 0.2) is 10.7 Å². The Bertz CT molecular complexity index is 104. The Morgan fingerprint density at radius 1 is 1.83 bits per heavy atom. The summed E-state index contributed by atoms with van der Waals surface area (Å²) in [6, 6.07) is 0. The Balaban J connectivity index is 2.39. The first-order valence-electron chi connectivity index (χ1n) is 2.03. The third-order valence-electron chi connectivity index (χ3n) is 1.10. The SMILES string of the molecule is C1=C2CN1C[Se]2. The first kappa shape index (κ1) is 3.11. The number of nitrogens with zero attached hydrogens (tertiary/aromatic N) is 1. The molecule has 1 fully saturated rings. The van der Waals surface area contributed by atoms with Crippen molar-refractivity contribution in [3.8, 4) is 0 Å². The molecule has 3 heterocycles. The van der Waals surface area contributed by atoms with Crippen LogP contribution in [0.1, 0.15) is 0 Å². The molecule has 1 nitrogen and oxygen atoms in total. The van der Waals surface area contributed by atoms with E-state index in [-0.39, 0.29) is 0 Å². The van der Waals surface area contributed by atoms with Gasteiger partial charge in [-0.25, -0.2) is 0 Å². The van der Waals surface area contributed by atoms with E-state index in [1.807, 2.05) is 0 Å². The third-order valence-corrected chi connectivity index (χ3v) is 3.34. The first-order valence-corrected chi connectivity index (χ1v) is 4.09. The van der Waals surface area contributed by atoms with Crippen molar-refractivity contribution in [2.75, 3.05) is 12.0 Å². The first-order chi connectivity index (χ1) is 2.95. The van der Waals surface area contributed by atoms with Gasteiger partial charge in [-0.1, -0.05) is 0 Å². The zero-order valence-corrected chi connectivity index (χ0v) is 5.06. The van der Waals surface area contributed by atoms with Crippen molar-refractivity contribution in [3.63, 3.8) is 0 Å². The van der Waals surface area contributed by atoms with Gasteiger partial charge >= 0.3 is 42.5 Å². The molecule has 0 radical (unpaired) electrons. The van der Waals surface area contributed by atoms with Gasteiger partial charge in [0.2, 0.25) is 0 Å². The van der Waals surface area contributed by atoms with E-state index >= 15 is 0 Å². The van der Waals surface area contributed by atoms with Crippen LogP contribution in [-0.4, -0.2) is 31.8 Å². The zero-order valence-electron chi connectivity index (χ0n) is 3.35. The second kappa shape index (κ2) is 0.824. The van der Waals surface area contributed by atoms with E-state index in [2.05, 4.69) is 11.1 Å². The van der Waals surface area contributed by atoms with E-state index in [0.29, 0.717) is 0 Å². The van der Waals surface area contributed by atoms with Crippen molar-refractivity contribution < 1.29 is 0 Å². The molecule has 0 unspecified atom stereocenters. The van der Waals surface area contributed by atoms with Gasteiger partial charge in [-0.15, -0.1) is 0 Å². The Morgan fingerprint density at radius 3 is 2.83 bits per heavy atom. The van der Waals surface area contributed by atoms with Gasteiger partial charge in [0.25, 0.3) is 0 Å². The average molecular weight is 146 g/mol. The van der Waals surface area contributed by atoms with Crippen LogP contribution in [-0.2, 0) is 0 Å². The summed E-state index contributed by atoms with van der Waals surface area (Å²) in [5.41, 5.74) is 1.36. The minimum absolute atomic E-state index is 0.889. The number of hydrogen-bond acceptors (Lipinski definition) is 1. The number of rotatable bonds is 0. The molecular weight excluding hydrogens is 141 g/mol. The van der Waals surface area contributed by atoms with Crippen LogP contribution in [0, 0.1) is 0 Å². The van der Waals surface area contributed by atoms with Crippen LogP contribution in [0.3, 0.4) is 0 Å². The van der Waals surface area contributed by atoms with E-state index < -0.39 is 0 Å². The van der Waals surface area contributed by atoms with Crippen LogP contribution in [0.4, 0.5) is 0 Å². The molecule has 0 spiro atoms. The van der Waals surface area contributed by atoms with Crippen LogP contribution in [0.2, 0.25) is 0 Å². The molecule has 0 aromatic rings. The van der Waals surface area contributed by atoms with E-state index in [9.17, 15) is 0 Å². The van der Waals surface area contributed by atoms with Crippen molar-refractivity contribution in [1.29, 1.82) is 0 Å². The predicted octanol–water partition coefficient (Wildman–Crippen LogP) is -0.181. The molecule has 1 saturated heterocycles. The van der Waals surface area contributed by atoms with Gasteiger partial charge in [-0.05, 0) is 0 Å². The van der Waals surface area contributed by atoms with E-state index in [1.165, 1.54) is 12.0 Å². The summed E-state index contributed by atoms with van der Waals surface area (Å²) in [7, 11) is 0. The van der Waals surface area contributed by atoms with Gasteiger partial charge in [0, 0.05) is 0 Å². The number of fused-ring (bicyclic) bond motifs is 1. The summed E-state index contributed by atoms with van der Waals surface area (Å²) < 4.78 is 1.71. The quantitative estimate of drug-likeness (QED) is 0.428. The van der Waals surface area contributed by atoms with Crippen LogP contribution < -0.4 is 0 Å². The number of hydrogen-bond donors (Lipinski definition) is 0. The Kier molecular flexibility index (Phi) is 0.427. The van der Waals surface area contributed by atoms with Gasteiger partial charge in [-0.2, -0.15) is 0 Å². The summed E-state index contributed by atoms with van der Waals surface area (Å²) in [4.78, 5) is 2.37. The van der Waals surface area contributed by atoms with Gasteiger partial charge in [0.15, 0.2) is 0 Å². The average Bonchev–Trinajstić information content (AvgIpc) is 1.72. The Morgan fingerprint density at radius 2 is 2.67 bits per heavy atom. The molecule has 3 rings (SSSR count). The van der Waals surface area contributed by atoms with Crippen molar-refractivity contribution >= 4 is 15.0 Å². The molecular formula is C4H5NSe. The molecule has 2 heteroatoms. The van der Waals surface area contributed by atoms with Crippen molar-refractivity contribution in [2.45, 2.75) is 0 Å². The molecule has 32 valence electrons. The fourth-order valence-electron chi connectivity index (χ4n) is 0.709. The second-order valence-corrected chi connectivity index (χ2v) is 3.86. The predicted molar refractivity (Wildman–Crippen MR) is 25.4 cm³/mol. The molecule has 0 aromatic carbocycles. The fraction of sp³-hybridized carbons (Fsp3) is 0.500. The molecule has 3 aliphatic rings. The maximum atomic E-state index is 2.37. The molecule has 0 atom stereocenters. The molecule has 0 aliphatic carbocycles. The summed E-state index contributed by atoms with van der Waals surface area (Å²) in [5, 5.41) is 0. The minimum atomic E-state index is 0.889. The Labute approximate surface area is 43.2 Å². The maximum absolute atomic E-state index is 2.37. The molecule has 0 N–H and O–H groups in total. The summed E-state index contributed by atoms with van der Waals surface area (Å²) in [6.07, 6.45) is 2.28. The van der Waals surface area contributed by atoms with E-state index in [1.54, 1.807) is 4.47 Å². The topological polar surface area (TPSA) is 3.24 Å². The Hall–Kier alpha value is 0.0595. The van der Waals surface area contributed by atoms with Crippen LogP contribution in [0.25, 0.3) is 0 Å². The van der Waals surface area contributed by atoms with E-state index in [0.717, 1.165) is 15.0 Å². The van der Waals surface area contributed by atoms with Gasteiger partial charge < -0.3 is 0 Å². The third kappa shape index (κ3) is 0.223. The summed E-state index contributed by atoms with van der Waals surface area (Å²) in [6.45, 7) is 1.31. The van der Waals surface area contributed by atoms with Crippen molar-refractivity contribution in [2.24, 2.45) is 0 Å². The van der Waals surface area contributed by atoms with Gasteiger partial charge in [0.05, 0.1) is 0 Å². The molecule has 3 aliphatic heterocycles. The van der Waals surface area contributed by atoms with Gasteiger partial charge in [0.1, 0.15) is 0 Å². The normalized spacial score (nSPS) is 26.7. The molecule has 2 bridgehead atoms. The van der Waals surface area contributed by atoms with Crippen molar-refractivity contribution in [3.05, 3.63) is 10.7 Å². The second-order valence-electron chi connectivity index (χ2n) is 1.62. The van der Waals surface area contributed by atoms with Crippen molar-refractivity contribution in [1.82, 2.24) is 4.90 Å². The zero-order chi connectivity index (χ0) is 3.98. The van der Waals surface area contributed by atoms with Crippen LogP contribution in [0.5, 0.6) is 0 Å². The standard InChI is InChI=1S/C4H5NSe/c1-4-2-5(1)3-6-4/h1H,2-3H2. The molecule has 0 saturated carbocycles. The summed E-state index contributed by atoms with van der Waals surface area (Å²) in [5.74, 6) is 0. The molecule has 0 aromatic heterocycles.